The maximum atomic E-state index is 4.34. The summed E-state index contributed by atoms with van der Waals surface area (Å²) in [7, 11) is 0. The number of thiazole rings is 1. The zero-order chi connectivity index (χ0) is 13.1. The molecule has 0 atom stereocenters. The Kier molecular flexibility index (Phi) is 4.05. The summed E-state index contributed by atoms with van der Waals surface area (Å²) in [5, 5.41) is 2.12. The molecule has 2 aromatic heterocycles. The monoisotopic (exact) mass is 339 g/mol. The van der Waals surface area contributed by atoms with Gasteiger partial charge in [-0.3, -0.25) is 4.90 Å². The molecule has 0 spiro atoms. The fourth-order valence-electron chi connectivity index (χ4n) is 2.12. The zero-order valence-corrected chi connectivity index (χ0v) is 12.8. The highest BCUT2D eigenvalue weighted by Crippen LogP contribution is 2.14. The van der Waals surface area contributed by atoms with Crippen molar-refractivity contribution < 1.29 is 0 Å². The molecule has 7 heteroatoms. The van der Waals surface area contributed by atoms with Crippen LogP contribution in [-0.4, -0.2) is 46.0 Å². The molecule has 19 heavy (non-hydrogen) atoms. The Labute approximate surface area is 124 Å². The molecule has 0 bridgehead atoms. The van der Waals surface area contributed by atoms with Crippen LogP contribution in [0.5, 0.6) is 0 Å². The number of piperazine rings is 1. The van der Waals surface area contributed by atoms with Crippen molar-refractivity contribution in [3.05, 3.63) is 33.5 Å². The van der Waals surface area contributed by atoms with E-state index < -0.39 is 0 Å². The molecule has 1 aliphatic heterocycles. The van der Waals surface area contributed by atoms with Gasteiger partial charge in [-0.25, -0.2) is 15.0 Å². The second kappa shape index (κ2) is 5.94. The fourth-order valence-corrected chi connectivity index (χ4v) is 2.87. The smallest absolute Gasteiger partial charge is 0.225 e. The maximum Gasteiger partial charge on any atom is 0.225 e. The Morgan fingerprint density at radius 2 is 1.84 bits per heavy atom. The van der Waals surface area contributed by atoms with E-state index in [4.69, 9.17) is 0 Å². The number of halogens is 1. The second-order valence-electron chi connectivity index (χ2n) is 4.44. The molecular formula is C12H14BrN5S. The third kappa shape index (κ3) is 3.29. The van der Waals surface area contributed by atoms with Crippen molar-refractivity contribution >= 4 is 33.2 Å². The third-order valence-corrected chi connectivity index (χ3v) is 4.18. The van der Waals surface area contributed by atoms with Crippen LogP contribution in [0.4, 0.5) is 5.95 Å². The van der Waals surface area contributed by atoms with Crippen LogP contribution in [0.1, 0.15) is 5.69 Å². The minimum absolute atomic E-state index is 0.816. The predicted octanol–water partition coefficient (Wildman–Crippen LogP) is 2.02. The van der Waals surface area contributed by atoms with E-state index in [0.717, 1.165) is 43.1 Å². The standard InChI is InChI=1S/C12H14BrN5S/c13-10-5-14-12(15-6-10)18-3-1-17(2-4-18)7-11-8-19-9-16-11/h5-6,8-9H,1-4,7H2. The molecule has 0 N–H and O–H groups in total. The molecule has 0 saturated carbocycles. The van der Waals surface area contributed by atoms with Crippen molar-refractivity contribution in [1.82, 2.24) is 19.9 Å². The molecule has 1 aliphatic rings. The second-order valence-corrected chi connectivity index (χ2v) is 6.08. The molecule has 5 nitrogen and oxygen atoms in total. The van der Waals surface area contributed by atoms with E-state index in [1.165, 1.54) is 5.69 Å². The van der Waals surface area contributed by atoms with Crippen LogP contribution in [0.3, 0.4) is 0 Å². The lowest BCUT2D eigenvalue weighted by Crippen LogP contribution is -2.46. The highest BCUT2D eigenvalue weighted by atomic mass is 79.9. The van der Waals surface area contributed by atoms with Gasteiger partial charge in [-0.2, -0.15) is 0 Å². The molecule has 100 valence electrons. The van der Waals surface area contributed by atoms with E-state index in [-0.39, 0.29) is 0 Å². The summed E-state index contributed by atoms with van der Waals surface area (Å²) in [6.07, 6.45) is 3.59. The SMILES string of the molecule is Brc1cnc(N2CCN(Cc3cscn3)CC2)nc1. The van der Waals surface area contributed by atoms with E-state index in [0.29, 0.717) is 0 Å². The van der Waals surface area contributed by atoms with Crippen molar-refractivity contribution in [3.8, 4) is 0 Å². The van der Waals surface area contributed by atoms with Crippen LogP contribution >= 0.6 is 27.3 Å². The van der Waals surface area contributed by atoms with Crippen LogP contribution in [0.15, 0.2) is 27.8 Å². The van der Waals surface area contributed by atoms with Gasteiger partial charge in [0.15, 0.2) is 0 Å². The minimum atomic E-state index is 0.816. The van der Waals surface area contributed by atoms with Gasteiger partial charge in [-0.1, -0.05) is 0 Å². The van der Waals surface area contributed by atoms with Gasteiger partial charge in [0, 0.05) is 50.5 Å². The fraction of sp³-hybridized carbons (Fsp3) is 0.417. The number of hydrogen-bond donors (Lipinski definition) is 0. The van der Waals surface area contributed by atoms with E-state index in [1.54, 1.807) is 23.7 Å². The molecule has 0 amide bonds. The number of aromatic nitrogens is 3. The topological polar surface area (TPSA) is 45.2 Å². The van der Waals surface area contributed by atoms with E-state index in [2.05, 4.69) is 46.1 Å². The summed E-state index contributed by atoms with van der Waals surface area (Å²) in [6.45, 7) is 4.92. The van der Waals surface area contributed by atoms with E-state index in [9.17, 15) is 0 Å². The quantitative estimate of drug-likeness (QED) is 0.855. The van der Waals surface area contributed by atoms with Crippen LogP contribution in [-0.2, 0) is 6.54 Å². The lowest BCUT2D eigenvalue weighted by molar-refractivity contribution is 0.246. The molecule has 0 aliphatic carbocycles. The zero-order valence-electron chi connectivity index (χ0n) is 10.4. The number of rotatable bonds is 3. The largest absolute Gasteiger partial charge is 0.338 e. The Hall–Kier alpha value is -1.05. The third-order valence-electron chi connectivity index (χ3n) is 3.13. The molecule has 2 aromatic rings. The number of nitrogens with zero attached hydrogens (tertiary/aromatic N) is 5. The molecule has 0 unspecified atom stereocenters. The molecule has 1 saturated heterocycles. The summed E-state index contributed by atoms with van der Waals surface area (Å²) < 4.78 is 0.915. The maximum absolute atomic E-state index is 4.34. The van der Waals surface area contributed by atoms with Crippen LogP contribution in [0.25, 0.3) is 0 Å². The summed E-state index contributed by atoms with van der Waals surface area (Å²) in [5.41, 5.74) is 3.06. The van der Waals surface area contributed by atoms with Gasteiger partial charge in [-0.05, 0) is 15.9 Å². The van der Waals surface area contributed by atoms with Gasteiger partial charge in [0.1, 0.15) is 0 Å². The summed E-state index contributed by atoms with van der Waals surface area (Å²) in [6, 6.07) is 0. The highest BCUT2D eigenvalue weighted by Gasteiger charge is 2.19. The molecular weight excluding hydrogens is 326 g/mol. The van der Waals surface area contributed by atoms with Crippen molar-refractivity contribution in [3.63, 3.8) is 0 Å². The van der Waals surface area contributed by atoms with Crippen molar-refractivity contribution in [2.45, 2.75) is 6.54 Å². The minimum Gasteiger partial charge on any atom is -0.338 e. The molecule has 3 heterocycles. The number of anilines is 1. The average molecular weight is 340 g/mol. The average Bonchev–Trinajstić information content (AvgIpc) is 2.94. The van der Waals surface area contributed by atoms with Gasteiger partial charge in [0.25, 0.3) is 0 Å². The Balaban J connectivity index is 1.56. The summed E-state index contributed by atoms with van der Waals surface area (Å²) >= 11 is 5.01. The van der Waals surface area contributed by atoms with Crippen LogP contribution in [0.2, 0.25) is 0 Å². The Bertz CT molecular complexity index is 507. The van der Waals surface area contributed by atoms with Gasteiger partial charge < -0.3 is 4.90 Å². The van der Waals surface area contributed by atoms with Crippen molar-refractivity contribution in [2.75, 3.05) is 31.1 Å². The first-order valence-electron chi connectivity index (χ1n) is 6.13. The molecule has 1 fully saturated rings. The normalized spacial score (nSPS) is 16.8. The first kappa shape index (κ1) is 13.0. The van der Waals surface area contributed by atoms with Crippen molar-refractivity contribution in [2.24, 2.45) is 0 Å². The van der Waals surface area contributed by atoms with E-state index >= 15 is 0 Å². The molecule has 0 radical (unpaired) electrons. The Morgan fingerprint density at radius 1 is 1.11 bits per heavy atom. The lowest BCUT2D eigenvalue weighted by Gasteiger charge is -2.34. The Morgan fingerprint density at radius 3 is 2.47 bits per heavy atom. The molecule has 3 rings (SSSR count). The van der Waals surface area contributed by atoms with Crippen molar-refractivity contribution in [1.29, 1.82) is 0 Å². The van der Waals surface area contributed by atoms with Gasteiger partial charge in [0.2, 0.25) is 5.95 Å². The first-order chi connectivity index (χ1) is 9.31. The first-order valence-corrected chi connectivity index (χ1v) is 7.87. The summed E-state index contributed by atoms with van der Waals surface area (Å²) in [4.78, 5) is 17.7. The van der Waals surface area contributed by atoms with Crippen LogP contribution < -0.4 is 4.90 Å². The number of hydrogen-bond acceptors (Lipinski definition) is 6. The molecule has 0 aromatic carbocycles. The lowest BCUT2D eigenvalue weighted by atomic mass is 10.3. The predicted molar refractivity (Wildman–Crippen MR) is 79.3 cm³/mol. The van der Waals surface area contributed by atoms with Gasteiger partial charge in [-0.15, -0.1) is 11.3 Å². The highest BCUT2D eigenvalue weighted by molar-refractivity contribution is 9.10. The summed E-state index contributed by atoms with van der Waals surface area (Å²) in [5.74, 6) is 0.816. The van der Waals surface area contributed by atoms with Gasteiger partial charge >= 0.3 is 0 Å². The van der Waals surface area contributed by atoms with E-state index in [1.807, 2.05) is 5.51 Å². The van der Waals surface area contributed by atoms with Crippen LogP contribution in [0, 0.1) is 0 Å². The van der Waals surface area contributed by atoms with Gasteiger partial charge in [0.05, 0.1) is 15.7 Å².